The van der Waals surface area contributed by atoms with Gasteiger partial charge in [0.2, 0.25) is 10.0 Å². The Labute approximate surface area is 134 Å². The van der Waals surface area contributed by atoms with E-state index in [1.165, 1.54) is 21.9 Å². The molecule has 7 nitrogen and oxygen atoms in total. The lowest BCUT2D eigenvalue weighted by Crippen LogP contribution is -2.47. The minimum atomic E-state index is -3.22. The highest BCUT2D eigenvalue weighted by molar-refractivity contribution is 7.88. The monoisotopic (exact) mass is 344 g/mol. The summed E-state index contributed by atoms with van der Waals surface area (Å²) in [5.41, 5.74) is 0.438. The number of sulfonamides is 1. The number of rotatable bonds is 3. The maximum atomic E-state index is 12.7. The number of carbonyl (C=O) groups excluding carboxylic acids is 1. The molecule has 1 amide bonds. The summed E-state index contributed by atoms with van der Waals surface area (Å²) in [6.07, 6.45) is 3.06. The van der Waals surface area contributed by atoms with E-state index in [1.54, 1.807) is 12.4 Å². The Morgan fingerprint density at radius 1 is 1.36 bits per heavy atom. The van der Waals surface area contributed by atoms with Crippen LogP contribution in [0.5, 0.6) is 0 Å². The third-order valence-corrected chi connectivity index (χ3v) is 6.44. The largest absolute Gasteiger partial charge is 0.365 e. The van der Waals surface area contributed by atoms with Gasteiger partial charge in [-0.2, -0.15) is 4.31 Å². The van der Waals surface area contributed by atoms with E-state index in [0.29, 0.717) is 30.5 Å². The second kappa shape index (κ2) is 5.78. The Kier molecular flexibility index (Phi) is 4.13. The topological polar surface area (TPSA) is 82.6 Å². The van der Waals surface area contributed by atoms with Crippen LogP contribution in [0, 0.1) is 5.92 Å². The molecule has 3 aliphatic rings. The molecule has 0 radical (unpaired) electrons. The van der Waals surface area contributed by atoms with Gasteiger partial charge in [0.15, 0.2) is 5.13 Å². The van der Waals surface area contributed by atoms with Gasteiger partial charge in [-0.15, -0.1) is 11.3 Å². The molecule has 2 bridgehead atoms. The Bertz CT molecular complexity index is 673. The van der Waals surface area contributed by atoms with Crippen molar-refractivity contribution in [3.05, 3.63) is 11.1 Å². The summed E-state index contributed by atoms with van der Waals surface area (Å²) in [6, 6.07) is -0.0549. The molecule has 22 heavy (non-hydrogen) atoms. The standard InChI is InChI=1S/C13H20N4O3S2/c1-14-13-15-11(8-21-13)12(18)17-6-9-3-4-10(17)7-16(5-9)22(2,19)20/h8-10H,3-7H2,1-2H3,(H,14,15)/t9-,10+/m0/s1. The molecule has 1 aromatic rings. The molecule has 0 saturated carbocycles. The van der Waals surface area contributed by atoms with Gasteiger partial charge in [0.25, 0.3) is 5.91 Å². The van der Waals surface area contributed by atoms with E-state index in [4.69, 9.17) is 0 Å². The van der Waals surface area contributed by atoms with Crippen LogP contribution < -0.4 is 5.32 Å². The predicted octanol–water partition coefficient (Wildman–Crippen LogP) is 0.681. The summed E-state index contributed by atoms with van der Waals surface area (Å²) in [6.45, 7) is 1.52. The van der Waals surface area contributed by atoms with Gasteiger partial charge in [-0.3, -0.25) is 4.79 Å². The number of aromatic nitrogens is 1. The number of hydrogen-bond acceptors (Lipinski definition) is 6. The molecule has 0 unspecified atom stereocenters. The second-order valence-electron chi connectivity index (χ2n) is 5.92. The molecule has 0 aliphatic carbocycles. The first-order valence-corrected chi connectivity index (χ1v) is 10.0. The van der Waals surface area contributed by atoms with Gasteiger partial charge < -0.3 is 10.2 Å². The van der Waals surface area contributed by atoms with Crippen LogP contribution in [0.3, 0.4) is 0 Å². The second-order valence-corrected chi connectivity index (χ2v) is 8.76. The fourth-order valence-corrected chi connectivity index (χ4v) is 4.76. The van der Waals surface area contributed by atoms with Gasteiger partial charge in [-0.1, -0.05) is 0 Å². The number of nitrogens with zero attached hydrogens (tertiary/aromatic N) is 3. The molecule has 0 spiro atoms. The van der Waals surface area contributed by atoms with Crippen molar-refractivity contribution in [1.29, 1.82) is 0 Å². The molecule has 1 N–H and O–H groups in total. The molecule has 1 aromatic heterocycles. The Hall–Kier alpha value is -1.19. The molecule has 0 aromatic carbocycles. The third kappa shape index (κ3) is 2.97. The van der Waals surface area contributed by atoms with Crippen LogP contribution in [0.4, 0.5) is 5.13 Å². The average Bonchev–Trinajstić information content (AvgIpc) is 2.75. The number of fused-ring (bicyclic) bond motifs is 4. The first-order chi connectivity index (χ1) is 10.4. The van der Waals surface area contributed by atoms with Gasteiger partial charge in [0, 0.05) is 38.1 Å². The van der Waals surface area contributed by atoms with Crippen LogP contribution in [0.2, 0.25) is 0 Å². The summed E-state index contributed by atoms with van der Waals surface area (Å²) < 4.78 is 25.2. The van der Waals surface area contributed by atoms with Crippen molar-refractivity contribution in [1.82, 2.24) is 14.2 Å². The normalized spacial score (nSPS) is 26.0. The Morgan fingerprint density at radius 2 is 2.14 bits per heavy atom. The number of piperidine rings is 1. The van der Waals surface area contributed by atoms with Crippen LogP contribution in [0.15, 0.2) is 5.38 Å². The molecule has 9 heteroatoms. The summed E-state index contributed by atoms with van der Waals surface area (Å²) >= 11 is 1.40. The van der Waals surface area contributed by atoms with E-state index in [1.807, 2.05) is 4.90 Å². The number of carbonyl (C=O) groups is 1. The molecule has 3 fully saturated rings. The van der Waals surface area contributed by atoms with Gasteiger partial charge >= 0.3 is 0 Å². The number of nitrogens with one attached hydrogen (secondary N) is 1. The van der Waals surface area contributed by atoms with Gasteiger partial charge in [-0.05, 0) is 18.8 Å². The average molecular weight is 344 g/mol. The van der Waals surface area contributed by atoms with Crippen molar-refractivity contribution in [2.45, 2.75) is 18.9 Å². The van der Waals surface area contributed by atoms with Crippen LogP contribution in [0.1, 0.15) is 23.3 Å². The zero-order valence-corrected chi connectivity index (χ0v) is 14.3. The molecular weight excluding hydrogens is 324 g/mol. The highest BCUT2D eigenvalue weighted by atomic mass is 32.2. The highest BCUT2D eigenvalue weighted by Gasteiger charge is 2.40. The Morgan fingerprint density at radius 3 is 2.77 bits per heavy atom. The molecule has 4 rings (SSSR count). The van der Waals surface area contributed by atoms with E-state index in [0.717, 1.165) is 12.8 Å². The maximum absolute atomic E-state index is 12.7. The smallest absolute Gasteiger partial charge is 0.273 e. The summed E-state index contributed by atoms with van der Waals surface area (Å²) in [5, 5.41) is 5.39. The fraction of sp³-hybridized carbons (Fsp3) is 0.692. The predicted molar refractivity (Wildman–Crippen MR) is 85.6 cm³/mol. The lowest BCUT2D eigenvalue weighted by molar-refractivity contribution is 0.0583. The van der Waals surface area contributed by atoms with Gasteiger partial charge in [-0.25, -0.2) is 13.4 Å². The van der Waals surface area contributed by atoms with E-state index in [-0.39, 0.29) is 17.9 Å². The lowest BCUT2D eigenvalue weighted by atomic mass is 9.95. The van der Waals surface area contributed by atoms with Crippen LogP contribution in [-0.2, 0) is 10.0 Å². The molecule has 3 aliphatic heterocycles. The quantitative estimate of drug-likeness (QED) is 0.872. The van der Waals surface area contributed by atoms with Gasteiger partial charge in [0.1, 0.15) is 5.69 Å². The molecule has 3 saturated heterocycles. The molecular formula is C13H20N4O3S2. The zero-order valence-electron chi connectivity index (χ0n) is 12.7. The number of amides is 1. The van der Waals surface area contributed by atoms with E-state index >= 15 is 0 Å². The van der Waals surface area contributed by atoms with Crippen molar-refractivity contribution in [3.8, 4) is 0 Å². The Balaban J connectivity index is 1.82. The first kappa shape index (κ1) is 15.7. The molecule has 122 valence electrons. The first-order valence-electron chi connectivity index (χ1n) is 7.28. The minimum Gasteiger partial charge on any atom is -0.365 e. The summed E-state index contributed by atoms with van der Waals surface area (Å²) in [4.78, 5) is 18.8. The lowest BCUT2D eigenvalue weighted by Gasteiger charge is -2.35. The van der Waals surface area contributed by atoms with Crippen molar-refractivity contribution in [2.75, 3.05) is 38.3 Å². The van der Waals surface area contributed by atoms with Crippen LogP contribution in [-0.4, -0.2) is 67.5 Å². The molecule has 2 atom stereocenters. The van der Waals surface area contributed by atoms with E-state index in [2.05, 4.69) is 10.3 Å². The van der Waals surface area contributed by atoms with E-state index < -0.39 is 10.0 Å². The summed E-state index contributed by atoms with van der Waals surface area (Å²) in [7, 11) is -1.45. The summed E-state index contributed by atoms with van der Waals surface area (Å²) in [5.74, 6) is 0.114. The van der Waals surface area contributed by atoms with Crippen LogP contribution >= 0.6 is 11.3 Å². The van der Waals surface area contributed by atoms with E-state index in [9.17, 15) is 13.2 Å². The maximum Gasteiger partial charge on any atom is 0.273 e. The van der Waals surface area contributed by atoms with Crippen molar-refractivity contribution in [2.24, 2.45) is 5.92 Å². The fourth-order valence-electron chi connectivity index (χ4n) is 3.19. The number of anilines is 1. The number of hydrogen-bond donors (Lipinski definition) is 1. The van der Waals surface area contributed by atoms with Crippen molar-refractivity contribution >= 4 is 32.4 Å². The van der Waals surface area contributed by atoms with Crippen LogP contribution in [0.25, 0.3) is 0 Å². The van der Waals surface area contributed by atoms with Crippen molar-refractivity contribution in [3.63, 3.8) is 0 Å². The highest BCUT2D eigenvalue weighted by Crippen LogP contribution is 2.30. The van der Waals surface area contributed by atoms with Gasteiger partial charge in [0.05, 0.1) is 6.26 Å². The number of thiazole rings is 1. The minimum absolute atomic E-state index is 0.0549. The third-order valence-electron chi connectivity index (χ3n) is 4.35. The zero-order chi connectivity index (χ0) is 15.9. The SMILES string of the molecule is CNc1nc(C(=O)N2C[C@H]3CC[C@@H]2CN(S(C)(=O)=O)C3)cs1. The molecule has 4 heterocycles. The van der Waals surface area contributed by atoms with Crippen molar-refractivity contribution < 1.29 is 13.2 Å².